The molecular formula is C5H9N3OS. The molecule has 10 heavy (non-hydrogen) atoms. The highest BCUT2D eigenvalue weighted by atomic mass is 32.1. The van der Waals surface area contributed by atoms with Crippen molar-refractivity contribution >= 4 is 12.2 Å². The quantitative estimate of drug-likeness (QED) is 0.596. The van der Waals surface area contributed by atoms with Gasteiger partial charge in [0.1, 0.15) is 0 Å². The number of nitrogens with zero attached hydrogens (tertiary/aromatic N) is 1. The van der Waals surface area contributed by atoms with Crippen molar-refractivity contribution in [2.24, 2.45) is 0 Å². The van der Waals surface area contributed by atoms with Gasteiger partial charge in [-0.05, 0) is 26.1 Å². The summed E-state index contributed by atoms with van der Waals surface area (Å²) in [4.78, 5) is 13.1. The smallest absolute Gasteiger partial charge is 0.282 e. The molecule has 56 valence electrons. The molecule has 0 unspecified atom stereocenters. The van der Waals surface area contributed by atoms with Crippen LogP contribution in [0.5, 0.6) is 0 Å². The Bertz CT molecular complexity index is 318. The molecule has 0 aliphatic carbocycles. The molecule has 1 heterocycles. The zero-order valence-electron chi connectivity index (χ0n) is 5.84. The third-order valence-corrected chi connectivity index (χ3v) is 1.48. The molecule has 2 N–H and O–H groups in total. The van der Waals surface area contributed by atoms with Crippen LogP contribution in [0.4, 0.5) is 0 Å². The predicted octanol–water partition coefficient (Wildman–Crippen LogP) is 0.815. The molecule has 0 atom stereocenters. The van der Waals surface area contributed by atoms with Crippen molar-refractivity contribution in [1.82, 2.24) is 14.8 Å². The van der Waals surface area contributed by atoms with E-state index in [1.807, 2.05) is 13.8 Å². The van der Waals surface area contributed by atoms with Crippen molar-refractivity contribution in [3.05, 3.63) is 15.3 Å². The minimum absolute atomic E-state index is 0.200. The van der Waals surface area contributed by atoms with Crippen molar-refractivity contribution in [3.63, 3.8) is 0 Å². The summed E-state index contributed by atoms with van der Waals surface area (Å²) in [7, 11) is 0. The summed E-state index contributed by atoms with van der Waals surface area (Å²) in [5.74, 6) is 0. The molecule has 4 nitrogen and oxygen atoms in total. The summed E-state index contributed by atoms with van der Waals surface area (Å²) in [5.41, 5.74) is -0.251. The molecule has 0 aliphatic rings. The van der Waals surface area contributed by atoms with Gasteiger partial charge in [0.15, 0.2) is 4.77 Å². The molecule has 1 aromatic rings. The number of hydrogen-bond acceptors (Lipinski definition) is 2. The number of H-pyrrole nitrogens is 2. The number of aromatic nitrogens is 3. The van der Waals surface area contributed by atoms with Crippen LogP contribution in [0.1, 0.15) is 19.9 Å². The number of hydrogen-bond donors (Lipinski definition) is 2. The van der Waals surface area contributed by atoms with Gasteiger partial charge in [-0.2, -0.15) is 0 Å². The van der Waals surface area contributed by atoms with Crippen LogP contribution in [-0.4, -0.2) is 14.8 Å². The monoisotopic (exact) mass is 159 g/mol. The van der Waals surface area contributed by atoms with Crippen LogP contribution in [0.25, 0.3) is 0 Å². The Morgan fingerprint density at radius 1 is 1.60 bits per heavy atom. The largest absolute Gasteiger partial charge is 0.339 e. The highest BCUT2D eigenvalue weighted by Crippen LogP contribution is 1.97. The lowest BCUT2D eigenvalue weighted by molar-refractivity contribution is 0.521. The highest BCUT2D eigenvalue weighted by molar-refractivity contribution is 7.71. The zero-order chi connectivity index (χ0) is 7.72. The Kier molecular flexibility index (Phi) is 1.76. The van der Waals surface area contributed by atoms with E-state index in [1.54, 1.807) is 4.68 Å². The molecule has 0 spiro atoms. The molecule has 0 fully saturated rings. The second kappa shape index (κ2) is 2.42. The van der Waals surface area contributed by atoms with Gasteiger partial charge in [0.2, 0.25) is 0 Å². The summed E-state index contributed by atoms with van der Waals surface area (Å²) >= 11 is 4.83. The SMILES string of the molecule is CC(C)n1[nH]c(=O)[nH]c1=S. The van der Waals surface area contributed by atoms with Crippen molar-refractivity contribution in [2.75, 3.05) is 0 Å². The Labute approximate surface area is 62.9 Å². The first-order chi connectivity index (χ1) is 4.61. The van der Waals surface area contributed by atoms with Gasteiger partial charge in [0.05, 0.1) is 0 Å². The minimum atomic E-state index is -0.251. The van der Waals surface area contributed by atoms with E-state index in [1.165, 1.54) is 0 Å². The number of nitrogens with one attached hydrogen (secondary N) is 2. The van der Waals surface area contributed by atoms with Crippen LogP contribution >= 0.6 is 12.2 Å². The second-order valence-corrected chi connectivity index (χ2v) is 2.72. The maximum Gasteiger partial charge on any atom is 0.339 e. The minimum Gasteiger partial charge on any atom is -0.282 e. The lowest BCUT2D eigenvalue weighted by Crippen LogP contribution is -2.08. The Morgan fingerprint density at radius 2 is 2.20 bits per heavy atom. The topological polar surface area (TPSA) is 53.6 Å². The number of aromatic amines is 2. The fourth-order valence-corrected chi connectivity index (χ4v) is 1.06. The van der Waals surface area contributed by atoms with Gasteiger partial charge in [-0.25, -0.2) is 9.89 Å². The first-order valence-electron chi connectivity index (χ1n) is 3.02. The Morgan fingerprint density at radius 3 is 2.40 bits per heavy atom. The average Bonchev–Trinajstić information content (AvgIpc) is 2.10. The van der Waals surface area contributed by atoms with Crippen LogP contribution in [0.2, 0.25) is 0 Å². The predicted molar refractivity (Wildman–Crippen MR) is 40.6 cm³/mol. The molecule has 0 aromatic carbocycles. The number of rotatable bonds is 1. The van der Waals surface area contributed by atoms with Crippen LogP contribution < -0.4 is 5.69 Å². The molecule has 0 saturated heterocycles. The lowest BCUT2D eigenvalue weighted by Gasteiger charge is -2.02. The van der Waals surface area contributed by atoms with E-state index < -0.39 is 0 Å². The molecule has 0 radical (unpaired) electrons. The van der Waals surface area contributed by atoms with Gasteiger partial charge >= 0.3 is 5.69 Å². The fourth-order valence-electron chi connectivity index (χ4n) is 0.709. The first-order valence-corrected chi connectivity index (χ1v) is 3.43. The van der Waals surface area contributed by atoms with E-state index in [-0.39, 0.29) is 11.7 Å². The van der Waals surface area contributed by atoms with Gasteiger partial charge in [-0.1, -0.05) is 0 Å². The van der Waals surface area contributed by atoms with Crippen LogP contribution in [-0.2, 0) is 0 Å². The van der Waals surface area contributed by atoms with Crippen LogP contribution in [0.3, 0.4) is 0 Å². The van der Waals surface area contributed by atoms with Crippen molar-refractivity contribution in [2.45, 2.75) is 19.9 Å². The van der Waals surface area contributed by atoms with Gasteiger partial charge < -0.3 is 0 Å². The Balaban J connectivity index is 3.29. The van der Waals surface area contributed by atoms with Crippen molar-refractivity contribution in [3.8, 4) is 0 Å². The van der Waals surface area contributed by atoms with E-state index in [4.69, 9.17) is 12.2 Å². The molecule has 1 aromatic heterocycles. The zero-order valence-corrected chi connectivity index (χ0v) is 6.66. The fraction of sp³-hybridized carbons (Fsp3) is 0.600. The second-order valence-electron chi connectivity index (χ2n) is 2.33. The van der Waals surface area contributed by atoms with Crippen molar-refractivity contribution in [1.29, 1.82) is 0 Å². The molecule has 0 aliphatic heterocycles. The van der Waals surface area contributed by atoms with E-state index in [2.05, 4.69) is 10.1 Å². The highest BCUT2D eigenvalue weighted by Gasteiger charge is 1.98. The van der Waals surface area contributed by atoms with Gasteiger partial charge in [-0.3, -0.25) is 9.67 Å². The van der Waals surface area contributed by atoms with E-state index in [0.29, 0.717) is 4.77 Å². The molecule has 0 saturated carbocycles. The summed E-state index contributed by atoms with van der Waals surface area (Å²) in [6.07, 6.45) is 0. The summed E-state index contributed by atoms with van der Waals surface area (Å²) in [5, 5.41) is 2.55. The average molecular weight is 159 g/mol. The Hall–Kier alpha value is -0.840. The van der Waals surface area contributed by atoms with Gasteiger partial charge in [0, 0.05) is 6.04 Å². The molecule has 5 heteroatoms. The summed E-state index contributed by atoms with van der Waals surface area (Å²) in [6.45, 7) is 3.89. The normalized spacial score (nSPS) is 10.7. The van der Waals surface area contributed by atoms with Crippen LogP contribution in [0.15, 0.2) is 4.79 Å². The van der Waals surface area contributed by atoms with Crippen LogP contribution in [0, 0.1) is 4.77 Å². The third kappa shape index (κ3) is 1.18. The molecule has 1 rings (SSSR count). The molecule has 0 amide bonds. The lowest BCUT2D eigenvalue weighted by atomic mass is 10.4. The summed E-state index contributed by atoms with van der Waals surface area (Å²) < 4.78 is 2.05. The first kappa shape index (κ1) is 7.27. The molecule has 0 bridgehead atoms. The van der Waals surface area contributed by atoms with E-state index in [9.17, 15) is 4.79 Å². The molecular weight excluding hydrogens is 150 g/mol. The van der Waals surface area contributed by atoms with Gasteiger partial charge in [-0.15, -0.1) is 0 Å². The van der Waals surface area contributed by atoms with Crippen molar-refractivity contribution < 1.29 is 0 Å². The maximum atomic E-state index is 10.6. The summed E-state index contributed by atoms with van der Waals surface area (Å²) in [6, 6.07) is 0.200. The third-order valence-electron chi connectivity index (χ3n) is 1.18. The maximum absolute atomic E-state index is 10.6. The van der Waals surface area contributed by atoms with E-state index in [0.717, 1.165) is 0 Å². The standard InChI is InChI=1S/C5H9N3OS/c1-3(2)8-5(10)6-4(9)7-8/h3H,1-2H3,(H2,6,7,9,10). The van der Waals surface area contributed by atoms with Gasteiger partial charge in [0.25, 0.3) is 0 Å². The van der Waals surface area contributed by atoms with E-state index >= 15 is 0 Å².